The van der Waals surface area contributed by atoms with Gasteiger partial charge in [0.1, 0.15) is 5.75 Å². The van der Waals surface area contributed by atoms with E-state index in [1.165, 1.54) is 13.1 Å². The lowest BCUT2D eigenvalue weighted by molar-refractivity contribution is -0.115. The molecule has 0 radical (unpaired) electrons. The van der Waals surface area contributed by atoms with Gasteiger partial charge >= 0.3 is 6.61 Å². The Bertz CT molecular complexity index is 953. The average molecular weight is 434 g/mol. The zero-order chi connectivity index (χ0) is 22.2. The van der Waals surface area contributed by atoms with Crippen LogP contribution in [0.15, 0.2) is 41.4 Å². The Morgan fingerprint density at radius 1 is 1.19 bits per heavy atom. The molecule has 10 heteroatoms. The smallest absolute Gasteiger partial charge is 0.387 e. The Morgan fingerprint density at radius 3 is 2.68 bits per heavy atom. The van der Waals surface area contributed by atoms with Crippen molar-refractivity contribution < 1.29 is 27.8 Å². The first-order valence-electron chi connectivity index (χ1n) is 9.69. The van der Waals surface area contributed by atoms with Crippen LogP contribution in [0.3, 0.4) is 0 Å². The molecule has 0 fully saturated rings. The van der Waals surface area contributed by atoms with Gasteiger partial charge in [-0.3, -0.25) is 9.79 Å². The van der Waals surface area contributed by atoms with Gasteiger partial charge in [-0.1, -0.05) is 19.1 Å². The lowest BCUT2D eigenvalue weighted by atomic mass is 10.1. The van der Waals surface area contributed by atoms with E-state index in [0.29, 0.717) is 28.7 Å². The van der Waals surface area contributed by atoms with E-state index < -0.39 is 6.61 Å². The first-order chi connectivity index (χ1) is 15.0. The highest BCUT2D eigenvalue weighted by molar-refractivity contribution is 5.95. The van der Waals surface area contributed by atoms with Gasteiger partial charge in [0, 0.05) is 30.9 Å². The molecular formula is C21H24F2N4O4. The highest BCUT2D eigenvalue weighted by Gasteiger charge is 2.20. The van der Waals surface area contributed by atoms with E-state index in [1.807, 2.05) is 31.2 Å². The number of rotatable bonds is 8. The Morgan fingerprint density at radius 2 is 1.97 bits per heavy atom. The van der Waals surface area contributed by atoms with Crippen LogP contribution < -0.4 is 30.2 Å². The SMILES string of the molecule is CCc1cccc(NC(=O)CNC(=NC)NCc2cc3c(cc2OC(F)F)OCO3)c1. The number of hydrogen-bond donors (Lipinski definition) is 3. The predicted molar refractivity (Wildman–Crippen MR) is 112 cm³/mol. The molecule has 0 aliphatic carbocycles. The van der Waals surface area contributed by atoms with Gasteiger partial charge in [0.25, 0.3) is 0 Å². The fraction of sp³-hybridized carbons (Fsp3) is 0.333. The quantitative estimate of drug-likeness (QED) is 0.437. The number of guanidine groups is 1. The molecule has 166 valence electrons. The third-order valence-corrected chi connectivity index (χ3v) is 4.48. The zero-order valence-electron chi connectivity index (χ0n) is 17.2. The lowest BCUT2D eigenvalue weighted by Crippen LogP contribution is -2.41. The van der Waals surface area contributed by atoms with E-state index in [2.05, 4.69) is 25.7 Å². The number of hydrogen-bond acceptors (Lipinski definition) is 5. The number of carbonyl (C=O) groups excluding carboxylic acids is 1. The first-order valence-corrected chi connectivity index (χ1v) is 9.69. The van der Waals surface area contributed by atoms with E-state index in [1.54, 1.807) is 6.07 Å². The molecule has 0 saturated carbocycles. The van der Waals surface area contributed by atoms with Gasteiger partial charge < -0.3 is 30.2 Å². The number of anilines is 1. The Kier molecular flexibility index (Phi) is 7.47. The number of amides is 1. The number of nitrogens with zero attached hydrogens (tertiary/aromatic N) is 1. The fourth-order valence-corrected chi connectivity index (χ4v) is 2.95. The fourth-order valence-electron chi connectivity index (χ4n) is 2.95. The van der Waals surface area contributed by atoms with Crippen molar-refractivity contribution in [2.45, 2.75) is 26.5 Å². The predicted octanol–water partition coefficient (Wildman–Crippen LogP) is 2.88. The van der Waals surface area contributed by atoms with Crippen molar-refractivity contribution in [1.29, 1.82) is 0 Å². The summed E-state index contributed by atoms with van der Waals surface area (Å²) in [6.45, 7) is -0.849. The number of fused-ring (bicyclic) bond motifs is 1. The zero-order valence-corrected chi connectivity index (χ0v) is 17.2. The minimum Gasteiger partial charge on any atom is -0.454 e. The molecule has 0 aromatic heterocycles. The second-order valence-corrected chi connectivity index (χ2v) is 6.57. The molecule has 1 aliphatic heterocycles. The van der Waals surface area contributed by atoms with Gasteiger partial charge in [-0.25, -0.2) is 0 Å². The van der Waals surface area contributed by atoms with E-state index >= 15 is 0 Å². The maximum Gasteiger partial charge on any atom is 0.387 e. The number of benzene rings is 2. The van der Waals surface area contributed by atoms with Crippen molar-refractivity contribution in [3.63, 3.8) is 0 Å². The molecule has 3 N–H and O–H groups in total. The summed E-state index contributed by atoms with van der Waals surface area (Å²) in [6.07, 6.45) is 0.871. The van der Waals surface area contributed by atoms with Crippen LogP contribution in [0.25, 0.3) is 0 Å². The topological polar surface area (TPSA) is 93.2 Å². The molecular weight excluding hydrogens is 410 g/mol. The number of aliphatic imine (C=N–C) groups is 1. The highest BCUT2D eigenvalue weighted by Crippen LogP contribution is 2.38. The molecule has 0 atom stereocenters. The maximum absolute atomic E-state index is 12.8. The summed E-state index contributed by atoms with van der Waals surface area (Å²) in [7, 11) is 1.54. The van der Waals surface area contributed by atoms with Crippen molar-refractivity contribution in [2.24, 2.45) is 4.99 Å². The van der Waals surface area contributed by atoms with Crippen LogP contribution in [0.4, 0.5) is 14.5 Å². The molecule has 2 aromatic carbocycles. The van der Waals surface area contributed by atoms with Crippen LogP contribution in [0.2, 0.25) is 0 Å². The minimum atomic E-state index is -2.98. The van der Waals surface area contributed by atoms with Crippen molar-refractivity contribution in [3.8, 4) is 17.2 Å². The summed E-state index contributed by atoms with van der Waals surface area (Å²) >= 11 is 0. The van der Waals surface area contributed by atoms with Gasteiger partial charge in [-0.15, -0.1) is 0 Å². The van der Waals surface area contributed by atoms with Gasteiger partial charge in [0.15, 0.2) is 17.5 Å². The molecule has 0 saturated heterocycles. The molecule has 1 amide bonds. The van der Waals surface area contributed by atoms with E-state index in [0.717, 1.165) is 12.0 Å². The van der Waals surface area contributed by atoms with Gasteiger partial charge in [-0.05, 0) is 30.2 Å². The average Bonchev–Trinajstić information content (AvgIpc) is 3.20. The first kappa shape index (κ1) is 22.1. The summed E-state index contributed by atoms with van der Waals surface area (Å²) in [5.41, 5.74) is 2.25. The molecule has 0 bridgehead atoms. The summed E-state index contributed by atoms with van der Waals surface area (Å²) < 4.78 is 40.6. The molecule has 1 aliphatic rings. The summed E-state index contributed by atoms with van der Waals surface area (Å²) in [5.74, 6) is 0.815. The second-order valence-electron chi connectivity index (χ2n) is 6.57. The number of halogens is 2. The van der Waals surface area contributed by atoms with Crippen molar-refractivity contribution in [3.05, 3.63) is 47.5 Å². The Balaban J connectivity index is 1.56. The third kappa shape index (κ3) is 6.21. The molecule has 3 rings (SSSR count). The molecule has 0 unspecified atom stereocenters. The number of alkyl halides is 2. The minimum absolute atomic E-state index is 0.0137. The van der Waals surface area contributed by atoms with E-state index in [4.69, 9.17) is 9.47 Å². The number of nitrogens with one attached hydrogen (secondary N) is 3. The van der Waals surface area contributed by atoms with E-state index in [9.17, 15) is 13.6 Å². The summed E-state index contributed by atoms with van der Waals surface area (Å²) in [6, 6.07) is 10.5. The molecule has 2 aromatic rings. The Labute approximate surface area is 178 Å². The number of carbonyl (C=O) groups is 1. The van der Waals surface area contributed by atoms with Crippen LogP contribution in [0.1, 0.15) is 18.1 Å². The van der Waals surface area contributed by atoms with Crippen LogP contribution in [0, 0.1) is 0 Å². The number of ether oxygens (including phenoxy) is 3. The van der Waals surface area contributed by atoms with Crippen molar-refractivity contribution in [2.75, 3.05) is 25.7 Å². The van der Waals surface area contributed by atoms with Crippen molar-refractivity contribution in [1.82, 2.24) is 10.6 Å². The van der Waals surface area contributed by atoms with Crippen molar-refractivity contribution >= 4 is 17.6 Å². The third-order valence-electron chi connectivity index (χ3n) is 4.48. The van der Waals surface area contributed by atoms with Gasteiger partial charge in [0.2, 0.25) is 12.7 Å². The van der Waals surface area contributed by atoms with Crippen LogP contribution in [-0.2, 0) is 17.8 Å². The molecule has 8 nitrogen and oxygen atoms in total. The second kappa shape index (κ2) is 10.5. The normalized spacial score (nSPS) is 12.6. The van der Waals surface area contributed by atoms with Crippen LogP contribution in [0.5, 0.6) is 17.2 Å². The molecule has 31 heavy (non-hydrogen) atoms. The molecule has 0 spiro atoms. The van der Waals surface area contributed by atoms with Gasteiger partial charge in [-0.2, -0.15) is 8.78 Å². The monoisotopic (exact) mass is 434 g/mol. The standard InChI is InChI=1S/C21H24F2N4O4/c1-3-13-5-4-6-15(7-13)27-19(28)11-26-21(24-2)25-10-14-8-17-18(30-12-29-17)9-16(14)31-20(22)23/h4-9,20H,3,10-12H2,1-2H3,(H,27,28)(H2,24,25,26). The maximum atomic E-state index is 12.8. The summed E-state index contributed by atoms with van der Waals surface area (Å²) in [4.78, 5) is 16.3. The van der Waals surface area contributed by atoms with Gasteiger partial charge in [0.05, 0.1) is 6.54 Å². The van der Waals surface area contributed by atoms with Crippen LogP contribution in [-0.4, -0.2) is 38.9 Å². The number of aryl methyl sites for hydroxylation is 1. The largest absolute Gasteiger partial charge is 0.454 e. The van der Waals surface area contributed by atoms with E-state index in [-0.39, 0.29) is 31.5 Å². The highest BCUT2D eigenvalue weighted by atomic mass is 19.3. The summed E-state index contributed by atoms with van der Waals surface area (Å²) in [5, 5.41) is 8.66. The lowest BCUT2D eigenvalue weighted by Gasteiger charge is -2.15. The Hall–Kier alpha value is -3.56. The molecule has 1 heterocycles. The van der Waals surface area contributed by atoms with Crippen LogP contribution >= 0.6 is 0 Å².